The number of halogens is 2. The van der Waals surface area contributed by atoms with Crippen LogP contribution in [0.15, 0.2) is 27.1 Å². The highest BCUT2D eigenvalue weighted by Gasteiger charge is 2.16. The molecule has 1 heterocycles. The first-order valence-electron chi connectivity index (χ1n) is 5.58. The minimum atomic E-state index is -0.490. The fourth-order valence-corrected chi connectivity index (χ4v) is 2.86. The van der Waals surface area contributed by atoms with Crippen LogP contribution in [0.4, 0.5) is 0 Å². The van der Waals surface area contributed by atoms with Crippen molar-refractivity contribution in [3.63, 3.8) is 0 Å². The summed E-state index contributed by atoms with van der Waals surface area (Å²) in [4.78, 5) is 19.0. The van der Waals surface area contributed by atoms with Crippen molar-refractivity contribution in [3.8, 4) is 11.4 Å². The number of rotatable bonds is 2. The van der Waals surface area contributed by atoms with Gasteiger partial charge in [-0.05, 0) is 25.1 Å². The predicted octanol–water partition coefficient (Wildman–Crippen LogP) is 4.43. The van der Waals surface area contributed by atoms with Gasteiger partial charge in [0, 0.05) is 20.2 Å². The third-order valence-corrected chi connectivity index (χ3v) is 4.16. The molecule has 4 nitrogen and oxygen atoms in total. The van der Waals surface area contributed by atoms with Gasteiger partial charge in [-0.25, -0.2) is 9.78 Å². The minimum absolute atomic E-state index is 0.218. The number of aryl methyl sites for hydroxylation is 1. The van der Waals surface area contributed by atoms with Gasteiger partial charge in [-0.15, -0.1) is 0 Å². The number of benzene rings is 1. The molecule has 2 aromatic rings. The monoisotopic (exact) mass is 416 g/mol. The molecule has 1 aromatic heterocycles. The topological polar surface area (TPSA) is 55.0 Å². The Morgan fingerprint density at radius 2 is 2.10 bits per heavy atom. The summed E-state index contributed by atoms with van der Waals surface area (Å²) in [5.41, 5.74) is 1.76. The summed E-state index contributed by atoms with van der Waals surface area (Å²) < 4.78 is 6.72. The van der Waals surface area contributed by atoms with Gasteiger partial charge in [0.05, 0.1) is 7.11 Å². The average Bonchev–Trinajstić information content (AvgIpc) is 2.40. The highest BCUT2D eigenvalue weighted by Crippen LogP contribution is 2.29. The molecule has 1 N–H and O–H groups in total. The van der Waals surface area contributed by atoms with Gasteiger partial charge in [-0.2, -0.15) is 0 Å². The number of methoxy groups -OCH3 is 1. The Kier molecular flexibility index (Phi) is 4.72. The standard InChI is InChI=1S/C13H10Br2N2O2S/c1-6-10(13(18)19-2)12(20)17-11(16-6)8-5-7(14)3-4-9(8)15/h3-5H,1-2H3,(H,16,17,20). The molecule has 0 fully saturated rings. The van der Waals surface area contributed by atoms with E-state index in [9.17, 15) is 4.79 Å². The van der Waals surface area contributed by atoms with Crippen LogP contribution in [-0.4, -0.2) is 23.0 Å². The lowest BCUT2D eigenvalue weighted by Gasteiger charge is -2.09. The SMILES string of the molecule is COC(=O)c1c(C)[nH]c(-c2cc(Br)ccc2Br)nc1=S. The van der Waals surface area contributed by atoms with E-state index in [1.54, 1.807) is 6.92 Å². The van der Waals surface area contributed by atoms with Crippen molar-refractivity contribution >= 4 is 50.0 Å². The smallest absolute Gasteiger partial charge is 0.342 e. The molecule has 0 bridgehead atoms. The Labute approximate surface area is 137 Å². The van der Waals surface area contributed by atoms with Crippen LogP contribution >= 0.6 is 44.1 Å². The lowest BCUT2D eigenvalue weighted by atomic mass is 10.2. The molecule has 0 atom stereocenters. The Hall–Kier alpha value is -1.05. The Morgan fingerprint density at radius 1 is 1.40 bits per heavy atom. The highest BCUT2D eigenvalue weighted by molar-refractivity contribution is 9.11. The number of carbonyl (C=O) groups excluding carboxylic acids is 1. The number of nitrogens with zero attached hydrogens (tertiary/aromatic N) is 1. The first kappa shape index (κ1) is 15.3. The maximum Gasteiger partial charge on any atom is 0.342 e. The van der Waals surface area contributed by atoms with Crippen molar-refractivity contribution in [2.24, 2.45) is 0 Å². The van der Waals surface area contributed by atoms with Crippen molar-refractivity contribution < 1.29 is 9.53 Å². The second-order valence-electron chi connectivity index (χ2n) is 4.01. The molecular weight excluding hydrogens is 408 g/mol. The third-order valence-electron chi connectivity index (χ3n) is 2.68. The summed E-state index contributed by atoms with van der Waals surface area (Å²) in [6, 6.07) is 5.73. The van der Waals surface area contributed by atoms with Crippen LogP contribution in [0.25, 0.3) is 11.4 Å². The van der Waals surface area contributed by atoms with Gasteiger partial charge in [-0.1, -0.05) is 44.1 Å². The maximum atomic E-state index is 11.7. The number of ether oxygens (including phenoxy) is 1. The van der Waals surface area contributed by atoms with Crippen LogP contribution in [-0.2, 0) is 4.74 Å². The summed E-state index contributed by atoms with van der Waals surface area (Å²) in [5, 5.41) is 0. The lowest BCUT2D eigenvalue weighted by molar-refractivity contribution is 0.0598. The first-order valence-corrected chi connectivity index (χ1v) is 7.58. The van der Waals surface area contributed by atoms with E-state index < -0.39 is 5.97 Å². The molecule has 0 unspecified atom stereocenters. The number of aromatic amines is 1. The van der Waals surface area contributed by atoms with E-state index in [1.807, 2.05) is 18.2 Å². The molecular formula is C13H10Br2N2O2S. The number of hydrogen-bond acceptors (Lipinski definition) is 4. The number of aromatic nitrogens is 2. The zero-order valence-electron chi connectivity index (χ0n) is 10.7. The second-order valence-corrected chi connectivity index (χ2v) is 6.16. The van der Waals surface area contributed by atoms with Gasteiger partial charge in [0.2, 0.25) is 0 Å². The van der Waals surface area contributed by atoms with Crippen LogP contribution in [0.2, 0.25) is 0 Å². The van der Waals surface area contributed by atoms with E-state index in [4.69, 9.17) is 17.0 Å². The van der Waals surface area contributed by atoms with Gasteiger partial charge < -0.3 is 9.72 Å². The molecule has 0 aliphatic carbocycles. The van der Waals surface area contributed by atoms with Gasteiger partial charge in [-0.3, -0.25) is 0 Å². The van der Waals surface area contributed by atoms with Crippen LogP contribution in [0, 0.1) is 11.6 Å². The predicted molar refractivity (Wildman–Crippen MR) is 86.3 cm³/mol. The van der Waals surface area contributed by atoms with Gasteiger partial charge in [0.1, 0.15) is 16.0 Å². The molecule has 0 radical (unpaired) electrons. The summed E-state index contributed by atoms with van der Waals surface area (Å²) >= 11 is 12.1. The fraction of sp³-hybridized carbons (Fsp3) is 0.154. The van der Waals surface area contributed by atoms with Crippen LogP contribution in [0.3, 0.4) is 0 Å². The third kappa shape index (κ3) is 2.99. The van der Waals surface area contributed by atoms with Crippen molar-refractivity contribution in [2.75, 3.05) is 7.11 Å². The Bertz CT molecular complexity index is 744. The summed E-state index contributed by atoms with van der Waals surface area (Å²) in [5.74, 6) is 0.101. The number of hydrogen-bond donors (Lipinski definition) is 1. The van der Waals surface area contributed by atoms with Gasteiger partial charge in [0.15, 0.2) is 0 Å². The molecule has 0 aliphatic heterocycles. The molecule has 104 valence electrons. The zero-order valence-corrected chi connectivity index (χ0v) is 14.6. The largest absolute Gasteiger partial charge is 0.465 e. The van der Waals surface area contributed by atoms with Gasteiger partial charge in [0.25, 0.3) is 0 Å². The van der Waals surface area contributed by atoms with E-state index in [-0.39, 0.29) is 10.2 Å². The lowest BCUT2D eigenvalue weighted by Crippen LogP contribution is -2.09. The summed E-state index contributed by atoms with van der Waals surface area (Å²) in [6.45, 7) is 1.76. The van der Waals surface area contributed by atoms with Crippen molar-refractivity contribution in [3.05, 3.63) is 43.0 Å². The Morgan fingerprint density at radius 3 is 2.70 bits per heavy atom. The molecule has 2 rings (SSSR count). The van der Waals surface area contributed by atoms with Crippen molar-refractivity contribution in [2.45, 2.75) is 6.92 Å². The van der Waals surface area contributed by atoms with E-state index in [1.165, 1.54) is 7.11 Å². The quantitative estimate of drug-likeness (QED) is 0.580. The van der Waals surface area contributed by atoms with Crippen LogP contribution < -0.4 is 0 Å². The number of carbonyl (C=O) groups is 1. The molecule has 20 heavy (non-hydrogen) atoms. The normalized spacial score (nSPS) is 10.4. The van der Waals surface area contributed by atoms with E-state index in [2.05, 4.69) is 41.8 Å². The van der Waals surface area contributed by atoms with E-state index in [0.717, 1.165) is 14.5 Å². The summed E-state index contributed by atoms with van der Waals surface area (Å²) in [7, 11) is 1.31. The molecule has 0 saturated heterocycles. The number of H-pyrrole nitrogens is 1. The van der Waals surface area contributed by atoms with Crippen LogP contribution in [0.1, 0.15) is 16.1 Å². The molecule has 0 saturated carbocycles. The maximum absolute atomic E-state index is 11.7. The molecule has 0 amide bonds. The molecule has 0 spiro atoms. The highest BCUT2D eigenvalue weighted by atomic mass is 79.9. The molecule has 1 aromatic carbocycles. The second kappa shape index (κ2) is 6.15. The number of nitrogens with one attached hydrogen (secondary N) is 1. The van der Waals surface area contributed by atoms with E-state index in [0.29, 0.717) is 11.5 Å². The molecule has 7 heteroatoms. The first-order chi connectivity index (χ1) is 9.43. The van der Waals surface area contributed by atoms with Crippen LogP contribution in [0.5, 0.6) is 0 Å². The average molecular weight is 418 g/mol. The minimum Gasteiger partial charge on any atom is -0.465 e. The number of esters is 1. The van der Waals surface area contributed by atoms with Gasteiger partial charge >= 0.3 is 5.97 Å². The Balaban J connectivity index is 2.64. The van der Waals surface area contributed by atoms with Crippen molar-refractivity contribution in [1.29, 1.82) is 0 Å². The zero-order chi connectivity index (χ0) is 14.9. The summed E-state index contributed by atoms with van der Waals surface area (Å²) in [6.07, 6.45) is 0. The fourth-order valence-electron chi connectivity index (χ4n) is 1.73. The van der Waals surface area contributed by atoms with E-state index >= 15 is 0 Å². The molecule has 0 aliphatic rings. The van der Waals surface area contributed by atoms with Crippen molar-refractivity contribution in [1.82, 2.24) is 9.97 Å².